The molecule has 0 N–H and O–H groups in total. The molecule has 5 heteroatoms. The molecule has 0 aromatic rings. The van der Waals surface area contributed by atoms with Crippen molar-refractivity contribution >= 4 is 24.7 Å². The van der Waals surface area contributed by atoms with Gasteiger partial charge in [0, 0.05) is 5.22 Å². The second-order valence-electron chi connectivity index (χ2n) is 8.62. The van der Waals surface area contributed by atoms with E-state index in [0.29, 0.717) is 0 Å². The molecular weight excluding hydrogens is 332 g/mol. The van der Waals surface area contributed by atoms with Gasteiger partial charge in [0.15, 0.2) is 0 Å². The molecule has 23 heavy (non-hydrogen) atoms. The first-order chi connectivity index (χ1) is 10.2. The summed E-state index contributed by atoms with van der Waals surface area (Å²) < 4.78 is 13.6. The molecule has 0 aromatic carbocycles. The molecule has 0 aliphatic carbocycles. The van der Waals surface area contributed by atoms with Crippen molar-refractivity contribution in [3.05, 3.63) is 24.6 Å². The Bertz CT molecular complexity index is 432. The minimum atomic E-state index is -2.11. The van der Waals surface area contributed by atoms with Crippen molar-refractivity contribution < 1.29 is 8.85 Å². The van der Waals surface area contributed by atoms with Crippen LogP contribution in [0.2, 0.25) is 39.3 Å². The van der Waals surface area contributed by atoms with E-state index in [2.05, 4.69) is 85.8 Å². The molecule has 0 radical (unpaired) electrons. The fourth-order valence-electron chi connectivity index (χ4n) is 2.79. The highest BCUT2D eigenvalue weighted by Crippen LogP contribution is 2.39. The van der Waals surface area contributed by atoms with Crippen LogP contribution >= 0.6 is 0 Å². The lowest BCUT2D eigenvalue weighted by molar-refractivity contribution is 0.0781. The van der Waals surface area contributed by atoms with E-state index < -0.39 is 24.7 Å². The Morgan fingerprint density at radius 2 is 1.22 bits per heavy atom. The van der Waals surface area contributed by atoms with Crippen LogP contribution in [0.4, 0.5) is 0 Å². The van der Waals surface area contributed by atoms with Crippen LogP contribution in [0, 0.1) is 0 Å². The molecule has 0 aromatic heterocycles. The maximum Gasteiger partial charge on any atom is 0.216 e. The average molecular weight is 373 g/mol. The van der Waals surface area contributed by atoms with E-state index in [1.807, 2.05) is 5.70 Å². The lowest BCUT2D eigenvalue weighted by atomic mass is 10.3. The number of rotatable bonds is 10. The second kappa shape index (κ2) is 7.52. The summed E-state index contributed by atoms with van der Waals surface area (Å²) in [5.74, 6) is 0. The van der Waals surface area contributed by atoms with Gasteiger partial charge >= 0.3 is 0 Å². The Kier molecular flexibility index (Phi) is 7.53. The summed E-state index contributed by atoms with van der Waals surface area (Å²) in [5, 5.41) is -0.316. The lowest BCUT2D eigenvalue weighted by Gasteiger charge is -2.52. The van der Waals surface area contributed by atoms with E-state index in [-0.39, 0.29) is 10.4 Å². The largest absolute Gasteiger partial charge is 0.412 e. The van der Waals surface area contributed by atoms with Crippen molar-refractivity contribution in [1.82, 2.24) is 0 Å². The first kappa shape index (κ1) is 23.1. The van der Waals surface area contributed by atoms with Gasteiger partial charge in [-0.15, -0.1) is 13.2 Å². The van der Waals surface area contributed by atoms with Gasteiger partial charge in [0.2, 0.25) is 16.6 Å². The van der Waals surface area contributed by atoms with Gasteiger partial charge in [0.1, 0.15) is 8.07 Å². The van der Waals surface area contributed by atoms with Crippen LogP contribution in [-0.4, -0.2) is 35.2 Å². The van der Waals surface area contributed by atoms with Gasteiger partial charge in [-0.2, -0.15) is 0 Å². The second-order valence-corrected chi connectivity index (χ2v) is 21.6. The molecule has 0 aliphatic heterocycles. The van der Waals surface area contributed by atoms with Gasteiger partial charge in [-0.1, -0.05) is 38.3 Å². The molecule has 2 nitrogen and oxygen atoms in total. The molecule has 0 heterocycles. The van der Waals surface area contributed by atoms with E-state index in [1.54, 1.807) is 0 Å². The SMILES string of the molecule is C=C[Si](C)(C)OC(C)(CC)[Si](C)(C)O[C@@](C)(CC)[Si](C)(C)C=C. The minimum Gasteiger partial charge on any atom is -0.412 e. The highest BCUT2D eigenvalue weighted by molar-refractivity contribution is 6.86. The summed E-state index contributed by atoms with van der Waals surface area (Å²) in [7, 11) is -5.67. The molecule has 2 atom stereocenters. The number of hydrogen-bond donors (Lipinski definition) is 0. The van der Waals surface area contributed by atoms with Crippen molar-refractivity contribution in [3.8, 4) is 0 Å². The summed E-state index contributed by atoms with van der Waals surface area (Å²) >= 11 is 0. The van der Waals surface area contributed by atoms with Crippen molar-refractivity contribution in [1.29, 1.82) is 0 Å². The number of hydrogen-bond acceptors (Lipinski definition) is 2. The van der Waals surface area contributed by atoms with Gasteiger partial charge in [-0.25, -0.2) is 0 Å². The molecule has 0 saturated heterocycles. The smallest absolute Gasteiger partial charge is 0.216 e. The maximum atomic E-state index is 6.97. The van der Waals surface area contributed by atoms with Gasteiger partial charge in [-0.05, 0) is 52.9 Å². The first-order valence-electron chi connectivity index (χ1n) is 8.83. The molecule has 0 amide bonds. The van der Waals surface area contributed by atoms with Gasteiger partial charge in [0.25, 0.3) is 0 Å². The third kappa shape index (κ3) is 5.01. The first-order valence-corrected chi connectivity index (χ1v) is 17.8. The van der Waals surface area contributed by atoms with Crippen molar-refractivity contribution in [3.63, 3.8) is 0 Å². The van der Waals surface area contributed by atoms with Crippen LogP contribution in [0.1, 0.15) is 40.5 Å². The van der Waals surface area contributed by atoms with E-state index in [0.717, 1.165) is 12.8 Å². The zero-order valence-electron chi connectivity index (χ0n) is 17.3. The Morgan fingerprint density at radius 1 is 0.783 bits per heavy atom. The molecule has 136 valence electrons. The van der Waals surface area contributed by atoms with Crippen LogP contribution in [-0.2, 0) is 8.85 Å². The van der Waals surface area contributed by atoms with Crippen molar-refractivity contribution in [2.24, 2.45) is 0 Å². The minimum absolute atomic E-state index is 0.107. The monoisotopic (exact) mass is 372 g/mol. The van der Waals surface area contributed by atoms with Gasteiger partial charge in [-0.3, -0.25) is 0 Å². The van der Waals surface area contributed by atoms with Crippen molar-refractivity contribution in [2.45, 2.75) is 90.3 Å². The van der Waals surface area contributed by atoms with E-state index in [9.17, 15) is 0 Å². The summed E-state index contributed by atoms with van der Waals surface area (Å²) in [6, 6.07) is 0. The maximum absolute atomic E-state index is 6.97. The topological polar surface area (TPSA) is 18.5 Å². The van der Waals surface area contributed by atoms with Crippen LogP contribution < -0.4 is 0 Å². The van der Waals surface area contributed by atoms with Gasteiger partial charge in [0.05, 0.1) is 5.22 Å². The van der Waals surface area contributed by atoms with Crippen LogP contribution in [0.5, 0.6) is 0 Å². The van der Waals surface area contributed by atoms with Gasteiger partial charge < -0.3 is 8.85 Å². The summed E-state index contributed by atoms with van der Waals surface area (Å²) in [6.45, 7) is 30.8. The standard InChI is InChI=1S/C18H40O2Si3/c1-13-17(5,21(7,8)15-3)20-23(11,12)18(6,14-2)19-22(9,10)16-4/h15-16H,3-4,13-14H2,1-2,5-12H3/t17-,18?/m1/s1. The van der Waals surface area contributed by atoms with Crippen LogP contribution in [0.25, 0.3) is 0 Å². The molecule has 0 rings (SSSR count). The predicted molar refractivity (Wildman–Crippen MR) is 112 cm³/mol. The Labute approximate surface area is 148 Å². The van der Waals surface area contributed by atoms with Crippen LogP contribution in [0.15, 0.2) is 24.6 Å². The van der Waals surface area contributed by atoms with Crippen molar-refractivity contribution in [2.75, 3.05) is 0 Å². The third-order valence-corrected chi connectivity index (χ3v) is 16.5. The Morgan fingerprint density at radius 3 is 1.52 bits per heavy atom. The fraction of sp³-hybridized carbons (Fsp3) is 0.778. The zero-order chi connectivity index (χ0) is 18.7. The molecule has 0 bridgehead atoms. The highest BCUT2D eigenvalue weighted by Gasteiger charge is 2.53. The van der Waals surface area contributed by atoms with E-state index >= 15 is 0 Å². The van der Waals surface area contributed by atoms with E-state index in [4.69, 9.17) is 8.85 Å². The fourth-order valence-corrected chi connectivity index (χ4v) is 11.4. The predicted octanol–water partition coefficient (Wildman–Crippen LogP) is 6.00. The molecule has 0 aliphatic rings. The van der Waals surface area contributed by atoms with Crippen LogP contribution in [0.3, 0.4) is 0 Å². The highest BCUT2D eigenvalue weighted by atomic mass is 28.4. The average Bonchev–Trinajstić information content (AvgIpc) is 2.45. The Balaban J connectivity index is 5.74. The normalized spacial score (nSPS) is 18.9. The molecule has 0 spiro atoms. The molecule has 0 fully saturated rings. The zero-order valence-corrected chi connectivity index (χ0v) is 20.3. The summed E-state index contributed by atoms with van der Waals surface area (Å²) in [5.41, 5.74) is 4.18. The van der Waals surface area contributed by atoms with E-state index in [1.165, 1.54) is 0 Å². The third-order valence-electron chi connectivity index (χ3n) is 5.96. The Hall–Kier alpha value is 0.0506. The molecular formula is C18H40O2Si3. The summed E-state index contributed by atoms with van der Waals surface area (Å²) in [6.07, 6.45) is 1.98. The molecule has 1 unspecified atom stereocenters. The molecule has 0 saturated carbocycles. The lowest BCUT2D eigenvalue weighted by Crippen LogP contribution is -2.66. The quantitative estimate of drug-likeness (QED) is 0.437. The summed E-state index contributed by atoms with van der Waals surface area (Å²) in [4.78, 5) is 0.